The molecule has 4 heterocycles. The van der Waals surface area contributed by atoms with E-state index in [1.807, 2.05) is 19.9 Å². The third-order valence-corrected chi connectivity index (χ3v) is 5.88. The van der Waals surface area contributed by atoms with Crippen LogP contribution in [-0.4, -0.2) is 40.7 Å². The van der Waals surface area contributed by atoms with Crippen LogP contribution in [-0.2, 0) is 11.2 Å². The number of fused-ring (bicyclic) bond motifs is 1. The number of hydrogen-bond acceptors (Lipinski definition) is 7. The molecule has 3 aromatic rings. The molecule has 1 fully saturated rings. The first kappa shape index (κ1) is 17.9. The van der Waals surface area contributed by atoms with Crippen molar-refractivity contribution in [1.82, 2.24) is 20.4 Å². The van der Waals surface area contributed by atoms with E-state index in [1.165, 1.54) is 4.88 Å². The number of nitrogens with one attached hydrogen (secondary N) is 1. The summed E-state index contributed by atoms with van der Waals surface area (Å²) in [5.74, 6) is 1.57. The summed E-state index contributed by atoms with van der Waals surface area (Å²) < 4.78 is 5.32. The van der Waals surface area contributed by atoms with Gasteiger partial charge >= 0.3 is 0 Å². The van der Waals surface area contributed by atoms with Crippen LogP contribution in [0.15, 0.2) is 22.0 Å². The third kappa shape index (κ3) is 3.80. The monoisotopic (exact) mass is 385 g/mol. The van der Waals surface area contributed by atoms with Gasteiger partial charge in [-0.15, -0.1) is 11.3 Å². The zero-order valence-corrected chi connectivity index (χ0v) is 16.4. The first-order valence-electron chi connectivity index (χ1n) is 9.27. The normalized spacial score (nSPS) is 17.4. The van der Waals surface area contributed by atoms with Gasteiger partial charge in [-0.2, -0.15) is 4.98 Å². The quantitative estimate of drug-likeness (QED) is 0.727. The Balaban J connectivity index is 1.45. The van der Waals surface area contributed by atoms with Gasteiger partial charge in [0.1, 0.15) is 17.0 Å². The van der Waals surface area contributed by atoms with Crippen molar-refractivity contribution in [1.29, 1.82) is 0 Å². The van der Waals surface area contributed by atoms with E-state index in [-0.39, 0.29) is 11.8 Å². The second kappa shape index (κ2) is 7.64. The number of rotatable bonds is 5. The summed E-state index contributed by atoms with van der Waals surface area (Å²) in [7, 11) is 0. The minimum Gasteiger partial charge on any atom is -0.355 e. The average Bonchev–Trinajstić information content (AvgIpc) is 3.31. The van der Waals surface area contributed by atoms with E-state index in [9.17, 15) is 4.79 Å². The summed E-state index contributed by atoms with van der Waals surface area (Å²) in [5.41, 5.74) is 1.29. The SMILES string of the molecule is Cc1nc(N2CCC[C@@H](C(=O)NCCc3cccs3)C2)c2c(C)noc2n1. The van der Waals surface area contributed by atoms with E-state index in [1.54, 1.807) is 11.3 Å². The smallest absolute Gasteiger partial charge is 0.263 e. The van der Waals surface area contributed by atoms with E-state index in [0.717, 1.165) is 42.7 Å². The molecule has 1 N–H and O–H groups in total. The van der Waals surface area contributed by atoms with E-state index >= 15 is 0 Å². The van der Waals surface area contributed by atoms with Crippen molar-refractivity contribution in [3.63, 3.8) is 0 Å². The molecule has 0 spiro atoms. The first-order chi connectivity index (χ1) is 13.1. The summed E-state index contributed by atoms with van der Waals surface area (Å²) >= 11 is 1.72. The Morgan fingerprint density at radius 1 is 1.41 bits per heavy atom. The van der Waals surface area contributed by atoms with Crippen molar-refractivity contribution in [2.45, 2.75) is 33.1 Å². The molecule has 27 heavy (non-hydrogen) atoms. The number of piperidine rings is 1. The lowest BCUT2D eigenvalue weighted by Gasteiger charge is -2.33. The summed E-state index contributed by atoms with van der Waals surface area (Å²) in [5, 5.41) is 10.0. The van der Waals surface area contributed by atoms with Crippen LogP contribution in [0.25, 0.3) is 11.1 Å². The Labute approximate surface area is 161 Å². The lowest BCUT2D eigenvalue weighted by atomic mass is 9.97. The van der Waals surface area contributed by atoms with E-state index in [2.05, 4.69) is 36.8 Å². The first-order valence-corrected chi connectivity index (χ1v) is 10.2. The van der Waals surface area contributed by atoms with Gasteiger partial charge < -0.3 is 14.7 Å². The Bertz CT molecular complexity index is 937. The van der Waals surface area contributed by atoms with Crippen LogP contribution >= 0.6 is 11.3 Å². The maximum atomic E-state index is 12.7. The summed E-state index contributed by atoms with van der Waals surface area (Å²) in [6.45, 7) is 5.94. The van der Waals surface area contributed by atoms with Crippen LogP contribution in [0.5, 0.6) is 0 Å². The molecular formula is C19H23N5O2S. The zero-order chi connectivity index (χ0) is 18.8. The fourth-order valence-electron chi connectivity index (χ4n) is 3.59. The predicted molar refractivity (Wildman–Crippen MR) is 105 cm³/mol. The number of hydrogen-bond donors (Lipinski definition) is 1. The second-order valence-corrected chi connectivity index (χ2v) is 7.98. The molecular weight excluding hydrogens is 362 g/mol. The Morgan fingerprint density at radius 2 is 2.30 bits per heavy atom. The lowest BCUT2D eigenvalue weighted by Crippen LogP contribution is -2.44. The molecule has 1 aliphatic heterocycles. The maximum absolute atomic E-state index is 12.7. The number of carbonyl (C=O) groups excluding carboxylic acids is 1. The molecule has 0 bridgehead atoms. The Morgan fingerprint density at radius 3 is 3.11 bits per heavy atom. The van der Waals surface area contributed by atoms with Gasteiger partial charge in [-0.05, 0) is 44.6 Å². The fourth-order valence-corrected chi connectivity index (χ4v) is 4.30. The summed E-state index contributed by atoms with van der Waals surface area (Å²) in [6, 6.07) is 4.14. The number of aryl methyl sites for hydroxylation is 2. The molecule has 0 aliphatic carbocycles. The predicted octanol–water partition coefficient (Wildman–Crippen LogP) is 2.87. The van der Waals surface area contributed by atoms with Crippen molar-refractivity contribution in [2.24, 2.45) is 5.92 Å². The number of aromatic nitrogens is 3. The number of carbonyl (C=O) groups is 1. The molecule has 1 atom stereocenters. The highest BCUT2D eigenvalue weighted by molar-refractivity contribution is 7.09. The van der Waals surface area contributed by atoms with E-state index in [0.29, 0.717) is 24.6 Å². The molecule has 142 valence electrons. The Hall–Kier alpha value is -2.48. The number of thiophene rings is 1. The average molecular weight is 385 g/mol. The highest BCUT2D eigenvalue weighted by Crippen LogP contribution is 2.30. The topological polar surface area (TPSA) is 84.2 Å². The van der Waals surface area contributed by atoms with Crippen LogP contribution in [0.4, 0.5) is 5.82 Å². The lowest BCUT2D eigenvalue weighted by molar-refractivity contribution is -0.125. The summed E-state index contributed by atoms with van der Waals surface area (Å²) in [6.07, 6.45) is 2.74. The molecule has 1 saturated heterocycles. The molecule has 3 aromatic heterocycles. The number of amides is 1. The molecule has 1 amide bonds. The van der Waals surface area contributed by atoms with Crippen LogP contribution in [0.3, 0.4) is 0 Å². The highest BCUT2D eigenvalue weighted by Gasteiger charge is 2.28. The number of nitrogens with zero attached hydrogens (tertiary/aromatic N) is 4. The number of anilines is 1. The minimum absolute atomic E-state index is 0.0347. The maximum Gasteiger partial charge on any atom is 0.263 e. The molecule has 0 radical (unpaired) electrons. The van der Waals surface area contributed by atoms with E-state index in [4.69, 9.17) is 4.52 Å². The van der Waals surface area contributed by atoms with Gasteiger partial charge in [0.15, 0.2) is 0 Å². The molecule has 0 unspecified atom stereocenters. The van der Waals surface area contributed by atoms with Crippen LogP contribution < -0.4 is 10.2 Å². The van der Waals surface area contributed by atoms with Crippen molar-refractivity contribution >= 4 is 34.2 Å². The third-order valence-electron chi connectivity index (χ3n) is 4.94. The van der Waals surface area contributed by atoms with Gasteiger partial charge in [-0.1, -0.05) is 11.2 Å². The van der Waals surface area contributed by atoms with Crippen LogP contribution in [0, 0.1) is 19.8 Å². The largest absolute Gasteiger partial charge is 0.355 e. The highest BCUT2D eigenvalue weighted by atomic mass is 32.1. The fraction of sp³-hybridized carbons (Fsp3) is 0.474. The standard InChI is InChI=1S/C19H23N5O2S/c1-12-16-17(21-13(2)22-19(16)26-23-12)24-9-3-5-14(11-24)18(25)20-8-7-15-6-4-10-27-15/h4,6,10,14H,3,5,7-9,11H2,1-2H3,(H,20,25)/t14-/m1/s1. The van der Waals surface area contributed by atoms with Crippen molar-refractivity contribution in [3.8, 4) is 0 Å². The Kier molecular flexibility index (Phi) is 5.07. The molecule has 8 heteroatoms. The van der Waals surface area contributed by atoms with Crippen molar-refractivity contribution in [2.75, 3.05) is 24.5 Å². The van der Waals surface area contributed by atoms with Gasteiger partial charge in [0, 0.05) is 24.5 Å². The molecule has 0 aromatic carbocycles. The van der Waals surface area contributed by atoms with Gasteiger partial charge in [0.2, 0.25) is 5.91 Å². The van der Waals surface area contributed by atoms with Gasteiger partial charge in [0.05, 0.1) is 11.6 Å². The molecule has 7 nitrogen and oxygen atoms in total. The minimum atomic E-state index is -0.0347. The molecule has 0 saturated carbocycles. The molecule has 4 rings (SSSR count). The van der Waals surface area contributed by atoms with Crippen molar-refractivity contribution in [3.05, 3.63) is 33.9 Å². The van der Waals surface area contributed by atoms with Crippen molar-refractivity contribution < 1.29 is 9.32 Å². The van der Waals surface area contributed by atoms with Crippen LogP contribution in [0.2, 0.25) is 0 Å². The van der Waals surface area contributed by atoms with E-state index < -0.39 is 0 Å². The molecule has 1 aliphatic rings. The zero-order valence-electron chi connectivity index (χ0n) is 15.6. The van der Waals surface area contributed by atoms with Gasteiger partial charge in [0.25, 0.3) is 5.71 Å². The van der Waals surface area contributed by atoms with Gasteiger partial charge in [-0.3, -0.25) is 4.79 Å². The summed E-state index contributed by atoms with van der Waals surface area (Å²) in [4.78, 5) is 25.1. The van der Waals surface area contributed by atoms with Gasteiger partial charge in [-0.25, -0.2) is 4.98 Å². The second-order valence-electron chi connectivity index (χ2n) is 6.95. The van der Waals surface area contributed by atoms with Crippen LogP contribution in [0.1, 0.15) is 29.2 Å².